The highest BCUT2D eigenvalue weighted by molar-refractivity contribution is 5.44. The van der Waals surface area contributed by atoms with Gasteiger partial charge in [-0.25, -0.2) is 4.68 Å². The van der Waals surface area contributed by atoms with Gasteiger partial charge in [0.25, 0.3) is 0 Å². The zero-order chi connectivity index (χ0) is 11.8. The van der Waals surface area contributed by atoms with Crippen LogP contribution in [0, 0.1) is 6.92 Å². The van der Waals surface area contributed by atoms with E-state index in [2.05, 4.69) is 10.3 Å². The molecule has 1 aromatic heterocycles. The summed E-state index contributed by atoms with van der Waals surface area (Å²) in [6.07, 6.45) is -1.69. The Morgan fingerprint density at radius 3 is 2.56 bits per heavy atom. The smallest absolute Gasteiger partial charge is 0.220 e. The molecule has 0 bridgehead atoms. The lowest BCUT2D eigenvalue weighted by Crippen LogP contribution is -2.11. The van der Waals surface area contributed by atoms with E-state index in [-0.39, 0.29) is 5.69 Å². The molecule has 0 fully saturated rings. The standard InChI is InChI=1S/C10H8F3N3/c1-7-2-3-9(16-5-4-14-15-16)8(6-7)10(11,12)13/h2-6H,1H3. The van der Waals surface area contributed by atoms with Gasteiger partial charge in [-0.2, -0.15) is 13.2 Å². The third-order valence-corrected chi connectivity index (χ3v) is 2.13. The monoisotopic (exact) mass is 227 g/mol. The van der Waals surface area contributed by atoms with Crippen LogP contribution in [0.3, 0.4) is 0 Å². The van der Waals surface area contributed by atoms with E-state index in [1.165, 1.54) is 18.5 Å². The maximum atomic E-state index is 12.8. The molecule has 16 heavy (non-hydrogen) atoms. The number of alkyl halides is 3. The predicted molar refractivity (Wildman–Crippen MR) is 51.1 cm³/mol. The van der Waals surface area contributed by atoms with Crippen LogP contribution in [0.15, 0.2) is 30.6 Å². The second-order valence-electron chi connectivity index (χ2n) is 3.37. The minimum absolute atomic E-state index is 0.0180. The Balaban J connectivity index is 2.62. The maximum Gasteiger partial charge on any atom is 0.418 e. The summed E-state index contributed by atoms with van der Waals surface area (Å²) in [7, 11) is 0. The molecule has 3 nitrogen and oxygen atoms in total. The Kier molecular flexibility index (Phi) is 2.41. The van der Waals surface area contributed by atoms with Gasteiger partial charge in [-0.1, -0.05) is 16.8 Å². The molecule has 1 aromatic carbocycles. The number of aromatic nitrogens is 3. The van der Waals surface area contributed by atoms with Crippen LogP contribution < -0.4 is 0 Å². The summed E-state index contributed by atoms with van der Waals surface area (Å²) in [5.41, 5.74) is -0.176. The van der Waals surface area contributed by atoms with Gasteiger partial charge in [0.15, 0.2) is 0 Å². The predicted octanol–water partition coefficient (Wildman–Crippen LogP) is 2.59. The maximum absolute atomic E-state index is 12.8. The van der Waals surface area contributed by atoms with Crippen molar-refractivity contribution in [3.63, 3.8) is 0 Å². The molecule has 1 heterocycles. The van der Waals surface area contributed by atoms with Crippen molar-refractivity contribution >= 4 is 0 Å². The Bertz CT molecular complexity index is 489. The zero-order valence-electron chi connectivity index (χ0n) is 8.36. The largest absolute Gasteiger partial charge is 0.418 e. The molecule has 0 atom stereocenters. The van der Waals surface area contributed by atoms with E-state index in [0.29, 0.717) is 5.56 Å². The van der Waals surface area contributed by atoms with Crippen molar-refractivity contribution in [2.24, 2.45) is 0 Å². The molecule has 0 spiro atoms. The van der Waals surface area contributed by atoms with Crippen molar-refractivity contribution in [2.45, 2.75) is 13.1 Å². The number of rotatable bonds is 1. The third-order valence-electron chi connectivity index (χ3n) is 2.13. The average molecular weight is 227 g/mol. The van der Waals surface area contributed by atoms with Gasteiger partial charge in [0.05, 0.1) is 23.6 Å². The van der Waals surface area contributed by atoms with Crippen LogP contribution in [0.2, 0.25) is 0 Å². The first-order chi connectivity index (χ1) is 7.48. The van der Waals surface area contributed by atoms with Crippen molar-refractivity contribution in [3.05, 3.63) is 41.7 Å². The molecule has 0 saturated carbocycles. The fraction of sp³-hybridized carbons (Fsp3) is 0.200. The van der Waals surface area contributed by atoms with Gasteiger partial charge in [-0.15, -0.1) is 5.10 Å². The molecule has 2 aromatic rings. The van der Waals surface area contributed by atoms with Crippen LogP contribution in [0.25, 0.3) is 5.69 Å². The topological polar surface area (TPSA) is 30.7 Å². The molecular formula is C10H8F3N3. The van der Waals surface area contributed by atoms with Gasteiger partial charge in [-0.05, 0) is 19.1 Å². The molecule has 0 saturated heterocycles. The second-order valence-corrected chi connectivity index (χ2v) is 3.37. The van der Waals surface area contributed by atoms with Gasteiger partial charge in [-0.3, -0.25) is 0 Å². The van der Waals surface area contributed by atoms with Gasteiger partial charge in [0.2, 0.25) is 0 Å². The van der Waals surface area contributed by atoms with E-state index < -0.39 is 11.7 Å². The van der Waals surface area contributed by atoms with Crippen molar-refractivity contribution in [3.8, 4) is 5.69 Å². The SMILES string of the molecule is Cc1ccc(-n2ccnn2)c(C(F)(F)F)c1. The molecule has 0 unspecified atom stereocenters. The van der Waals surface area contributed by atoms with Crippen LogP contribution in [-0.4, -0.2) is 15.0 Å². The average Bonchev–Trinajstić information content (AvgIpc) is 2.69. The molecule has 6 heteroatoms. The molecule has 2 rings (SSSR count). The molecule has 84 valence electrons. The first-order valence-corrected chi connectivity index (χ1v) is 4.53. The Morgan fingerprint density at radius 2 is 2.00 bits per heavy atom. The minimum Gasteiger partial charge on any atom is -0.220 e. The highest BCUT2D eigenvalue weighted by Crippen LogP contribution is 2.34. The highest BCUT2D eigenvalue weighted by Gasteiger charge is 2.34. The fourth-order valence-corrected chi connectivity index (χ4v) is 1.41. The van der Waals surface area contributed by atoms with Crippen molar-refractivity contribution in [2.75, 3.05) is 0 Å². The van der Waals surface area contributed by atoms with Gasteiger partial charge < -0.3 is 0 Å². The summed E-state index contributed by atoms with van der Waals surface area (Å²) in [6, 6.07) is 4.08. The minimum atomic E-state index is -4.40. The molecular weight excluding hydrogens is 219 g/mol. The van der Waals surface area contributed by atoms with E-state index >= 15 is 0 Å². The van der Waals surface area contributed by atoms with Gasteiger partial charge in [0, 0.05) is 0 Å². The van der Waals surface area contributed by atoms with Gasteiger partial charge in [0.1, 0.15) is 0 Å². The quantitative estimate of drug-likeness (QED) is 0.749. The number of nitrogens with zero attached hydrogens (tertiary/aromatic N) is 3. The van der Waals surface area contributed by atoms with Crippen molar-refractivity contribution < 1.29 is 13.2 Å². The molecule has 0 N–H and O–H groups in total. The molecule has 0 aliphatic carbocycles. The lowest BCUT2D eigenvalue weighted by Gasteiger charge is -2.12. The fourth-order valence-electron chi connectivity index (χ4n) is 1.41. The van der Waals surface area contributed by atoms with E-state index in [0.717, 1.165) is 10.7 Å². The van der Waals surface area contributed by atoms with Crippen LogP contribution in [0.5, 0.6) is 0 Å². The summed E-state index contributed by atoms with van der Waals surface area (Å²) < 4.78 is 39.4. The Hall–Kier alpha value is -1.85. The Morgan fingerprint density at radius 1 is 1.25 bits per heavy atom. The van der Waals surface area contributed by atoms with Gasteiger partial charge >= 0.3 is 6.18 Å². The molecule has 0 amide bonds. The summed E-state index contributed by atoms with van der Waals surface area (Å²) >= 11 is 0. The highest BCUT2D eigenvalue weighted by atomic mass is 19.4. The Labute approximate surface area is 89.5 Å². The number of halogens is 3. The van der Waals surface area contributed by atoms with E-state index in [9.17, 15) is 13.2 Å². The summed E-state index contributed by atoms with van der Waals surface area (Å²) in [5.74, 6) is 0. The lowest BCUT2D eigenvalue weighted by atomic mass is 10.1. The lowest BCUT2D eigenvalue weighted by molar-refractivity contribution is -0.137. The van der Waals surface area contributed by atoms with Crippen molar-refractivity contribution in [1.29, 1.82) is 0 Å². The number of aryl methyl sites for hydroxylation is 1. The van der Waals surface area contributed by atoms with E-state index in [1.807, 2.05) is 0 Å². The summed E-state index contributed by atoms with van der Waals surface area (Å²) in [4.78, 5) is 0. The van der Waals surface area contributed by atoms with E-state index in [4.69, 9.17) is 0 Å². The first-order valence-electron chi connectivity index (χ1n) is 4.53. The second kappa shape index (κ2) is 3.62. The van der Waals surface area contributed by atoms with Crippen LogP contribution in [0.4, 0.5) is 13.2 Å². The number of benzene rings is 1. The first kappa shape index (κ1) is 10.7. The normalized spacial score (nSPS) is 11.8. The summed E-state index contributed by atoms with van der Waals surface area (Å²) in [6.45, 7) is 1.61. The number of hydrogen-bond donors (Lipinski definition) is 0. The third kappa shape index (κ3) is 1.91. The molecule has 0 radical (unpaired) electrons. The van der Waals surface area contributed by atoms with E-state index in [1.54, 1.807) is 13.0 Å². The number of hydrogen-bond acceptors (Lipinski definition) is 2. The summed E-state index contributed by atoms with van der Waals surface area (Å²) in [5, 5.41) is 7.05. The zero-order valence-corrected chi connectivity index (χ0v) is 8.36. The van der Waals surface area contributed by atoms with Crippen LogP contribution in [-0.2, 0) is 6.18 Å². The van der Waals surface area contributed by atoms with Crippen LogP contribution in [0.1, 0.15) is 11.1 Å². The van der Waals surface area contributed by atoms with Crippen LogP contribution >= 0.6 is 0 Å². The van der Waals surface area contributed by atoms with Crippen molar-refractivity contribution in [1.82, 2.24) is 15.0 Å². The molecule has 0 aliphatic rings. The molecule has 0 aliphatic heterocycles.